The van der Waals surface area contributed by atoms with Crippen LogP contribution in [-0.2, 0) is 11.2 Å². The summed E-state index contributed by atoms with van der Waals surface area (Å²) in [7, 11) is 0. The summed E-state index contributed by atoms with van der Waals surface area (Å²) in [5.41, 5.74) is 1.16. The van der Waals surface area contributed by atoms with E-state index in [1.807, 2.05) is 29.2 Å². The van der Waals surface area contributed by atoms with Gasteiger partial charge in [-0.3, -0.25) is 4.79 Å². The van der Waals surface area contributed by atoms with Gasteiger partial charge in [0.15, 0.2) is 0 Å². The molecule has 1 aromatic rings. The van der Waals surface area contributed by atoms with Gasteiger partial charge in [-0.2, -0.15) is 0 Å². The molecule has 1 aliphatic rings. The Morgan fingerprint density at radius 1 is 1.26 bits per heavy atom. The number of piperazine rings is 1. The van der Waals surface area contributed by atoms with Gasteiger partial charge in [0.05, 0.1) is 0 Å². The average molecular weight is 281 g/mol. The molecule has 3 nitrogen and oxygen atoms in total. The summed E-state index contributed by atoms with van der Waals surface area (Å²) in [6.45, 7) is 5.86. The van der Waals surface area contributed by atoms with Crippen molar-refractivity contribution in [3.63, 3.8) is 0 Å². The van der Waals surface area contributed by atoms with Gasteiger partial charge in [-0.1, -0.05) is 23.7 Å². The maximum absolute atomic E-state index is 12.2. The topological polar surface area (TPSA) is 32.3 Å². The minimum atomic E-state index is 0.246. The molecule has 1 aromatic carbocycles. The van der Waals surface area contributed by atoms with Crippen LogP contribution in [0.15, 0.2) is 24.3 Å². The molecule has 1 aliphatic heterocycles. The van der Waals surface area contributed by atoms with Crippen LogP contribution in [0.1, 0.15) is 25.8 Å². The van der Waals surface area contributed by atoms with Gasteiger partial charge in [0.2, 0.25) is 5.91 Å². The first kappa shape index (κ1) is 14.4. The number of nitrogens with one attached hydrogen (secondary N) is 1. The summed E-state index contributed by atoms with van der Waals surface area (Å²) in [5.74, 6) is 0.246. The Hall–Kier alpha value is -1.06. The van der Waals surface area contributed by atoms with E-state index in [1.54, 1.807) is 0 Å². The lowest BCUT2D eigenvalue weighted by atomic mass is 10.1. The van der Waals surface area contributed by atoms with Crippen molar-refractivity contribution in [1.82, 2.24) is 10.2 Å². The molecule has 1 fully saturated rings. The van der Waals surface area contributed by atoms with Crippen LogP contribution in [0.4, 0.5) is 0 Å². The molecule has 0 saturated carbocycles. The fourth-order valence-corrected chi connectivity index (χ4v) is 2.72. The van der Waals surface area contributed by atoms with E-state index >= 15 is 0 Å². The number of halogens is 1. The fourth-order valence-electron chi connectivity index (χ4n) is 2.59. The lowest BCUT2D eigenvalue weighted by Crippen LogP contribution is -2.55. The summed E-state index contributed by atoms with van der Waals surface area (Å²) < 4.78 is 0. The van der Waals surface area contributed by atoms with E-state index < -0.39 is 0 Å². The van der Waals surface area contributed by atoms with Gasteiger partial charge in [-0.05, 0) is 38.0 Å². The van der Waals surface area contributed by atoms with Crippen molar-refractivity contribution >= 4 is 17.5 Å². The number of carbonyl (C=O) groups is 1. The maximum atomic E-state index is 12.2. The van der Waals surface area contributed by atoms with Gasteiger partial charge in [-0.15, -0.1) is 0 Å². The smallest absolute Gasteiger partial charge is 0.223 e. The summed E-state index contributed by atoms with van der Waals surface area (Å²) in [6.07, 6.45) is 1.35. The Bertz CT molecular complexity index is 422. The number of nitrogens with zero attached hydrogens (tertiary/aromatic N) is 1. The molecule has 1 N–H and O–H groups in total. The SMILES string of the molecule is C[C@@H]1CN(C(=O)CCc2ccc(Cl)cc2)C[C@@H](C)N1. The van der Waals surface area contributed by atoms with E-state index in [0.29, 0.717) is 18.5 Å². The molecule has 1 amide bonds. The Morgan fingerprint density at radius 2 is 1.84 bits per heavy atom. The summed E-state index contributed by atoms with van der Waals surface area (Å²) in [5, 5.41) is 4.17. The van der Waals surface area contributed by atoms with Crippen LogP contribution in [0.3, 0.4) is 0 Å². The van der Waals surface area contributed by atoms with Crippen LogP contribution in [-0.4, -0.2) is 36.0 Å². The molecular weight excluding hydrogens is 260 g/mol. The van der Waals surface area contributed by atoms with Gasteiger partial charge < -0.3 is 10.2 Å². The highest BCUT2D eigenvalue weighted by Crippen LogP contribution is 2.12. The molecule has 0 bridgehead atoms. The van der Waals surface area contributed by atoms with Gasteiger partial charge >= 0.3 is 0 Å². The van der Waals surface area contributed by atoms with E-state index in [-0.39, 0.29) is 5.91 Å². The summed E-state index contributed by atoms with van der Waals surface area (Å²) in [6, 6.07) is 8.47. The van der Waals surface area contributed by atoms with E-state index in [1.165, 1.54) is 0 Å². The lowest BCUT2D eigenvalue weighted by Gasteiger charge is -2.36. The number of amides is 1. The van der Waals surface area contributed by atoms with Gasteiger partial charge in [0.25, 0.3) is 0 Å². The van der Waals surface area contributed by atoms with Crippen LogP contribution < -0.4 is 5.32 Å². The molecule has 4 heteroatoms. The van der Waals surface area contributed by atoms with Crippen LogP contribution in [0.25, 0.3) is 0 Å². The van der Waals surface area contributed by atoms with Crippen LogP contribution >= 0.6 is 11.6 Å². The summed E-state index contributed by atoms with van der Waals surface area (Å²) in [4.78, 5) is 14.2. The number of rotatable bonds is 3. The molecular formula is C15H21ClN2O. The minimum absolute atomic E-state index is 0.246. The molecule has 2 atom stereocenters. The zero-order valence-corrected chi connectivity index (χ0v) is 12.3. The second-order valence-corrected chi connectivity index (χ2v) is 5.83. The standard InChI is InChI=1S/C15H21ClN2O/c1-11-9-18(10-12(2)17-11)15(19)8-5-13-3-6-14(16)7-4-13/h3-4,6-7,11-12,17H,5,8-10H2,1-2H3/t11-,12-/m1/s1. The van der Waals surface area contributed by atoms with Gasteiger partial charge in [0.1, 0.15) is 0 Å². The predicted molar refractivity (Wildman–Crippen MR) is 78.4 cm³/mol. The van der Waals surface area contributed by atoms with Crippen LogP contribution in [0.2, 0.25) is 5.02 Å². The highest BCUT2D eigenvalue weighted by molar-refractivity contribution is 6.30. The molecule has 0 unspecified atom stereocenters. The number of hydrogen-bond donors (Lipinski definition) is 1. The zero-order valence-electron chi connectivity index (χ0n) is 11.5. The molecule has 0 aromatic heterocycles. The predicted octanol–water partition coefficient (Wildman–Crippen LogP) is 2.48. The Kier molecular flexibility index (Phi) is 4.83. The maximum Gasteiger partial charge on any atom is 0.223 e. The molecule has 0 spiro atoms. The Balaban J connectivity index is 1.85. The number of carbonyl (C=O) groups excluding carboxylic acids is 1. The molecule has 0 radical (unpaired) electrons. The first-order valence-corrected chi connectivity index (χ1v) is 7.20. The van der Waals surface area contributed by atoms with Crippen LogP contribution in [0.5, 0.6) is 0 Å². The number of benzene rings is 1. The third kappa shape index (κ3) is 4.22. The second-order valence-electron chi connectivity index (χ2n) is 5.39. The molecule has 19 heavy (non-hydrogen) atoms. The third-order valence-corrected chi connectivity index (χ3v) is 3.70. The van der Waals surface area contributed by atoms with Crippen molar-refractivity contribution in [2.75, 3.05) is 13.1 Å². The third-order valence-electron chi connectivity index (χ3n) is 3.45. The van der Waals surface area contributed by atoms with Gasteiger partial charge in [-0.25, -0.2) is 0 Å². The van der Waals surface area contributed by atoms with E-state index in [4.69, 9.17) is 11.6 Å². The first-order chi connectivity index (χ1) is 9.04. The van der Waals surface area contributed by atoms with E-state index in [0.717, 1.165) is 30.1 Å². The van der Waals surface area contributed by atoms with Crippen molar-refractivity contribution in [3.05, 3.63) is 34.9 Å². The van der Waals surface area contributed by atoms with Gasteiger partial charge in [0, 0.05) is 36.6 Å². The van der Waals surface area contributed by atoms with E-state index in [2.05, 4.69) is 19.2 Å². The van der Waals surface area contributed by atoms with E-state index in [9.17, 15) is 4.79 Å². The number of hydrogen-bond acceptors (Lipinski definition) is 2. The highest BCUT2D eigenvalue weighted by atomic mass is 35.5. The molecule has 2 rings (SSSR count). The normalized spacial score (nSPS) is 23.4. The molecule has 1 heterocycles. The molecule has 0 aliphatic carbocycles. The largest absolute Gasteiger partial charge is 0.340 e. The Labute approximate surface area is 119 Å². The summed E-state index contributed by atoms with van der Waals surface area (Å²) >= 11 is 5.85. The van der Waals surface area contributed by atoms with Crippen LogP contribution in [0, 0.1) is 0 Å². The monoisotopic (exact) mass is 280 g/mol. The highest BCUT2D eigenvalue weighted by Gasteiger charge is 2.24. The van der Waals surface area contributed by atoms with Crippen molar-refractivity contribution in [2.24, 2.45) is 0 Å². The quantitative estimate of drug-likeness (QED) is 0.923. The first-order valence-electron chi connectivity index (χ1n) is 6.83. The minimum Gasteiger partial charge on any atom is -0.340 e. The number of aryl methyl sites for hydroxylation is 1. The Morgan fingerprint density at radius 3 is 2.42 bits per heavy atom. The zero-order chi connectivity index (χ0) is 13.8. The average Bonchev–Trinajstić information content (AvgIpc) is 2.36. The fraction of sp³-hybridized carbons (Fsp3) is 0.533. The van der Waals surface area contributed by atoms with Crippen molar-refractivity contribution in [3.8, 4) is 0 Å². The van der Waals surface area contributed by atoms with Crippen molar-refractivity contribution < 1.29 is 4.79 Å². The molecule has 104 valence electrons. The lowest BCUT2D eigenvalue weighted by molar-refractivity contribution is -0.132. The molecule has 1 saturated heterocycles. The van der Waals surface area contributed by atoms with Crippen molar-refractivity contribution in [2.45, 2.75) is 38.8 Å². The van der Waals surface area contributed by atoms with Crippen molar-refractivity contribution in [1.29, 1.82) is 0 Å². The second kappa shape index (κ2) is 6.40.